The third-order valence-electron chi connectivity index (χ3n) is 5.88. The molecule has 10 nitrogen and oxygen atoms in total. The molecule has 2 heterocycles. The molecule has 0 unspecified atom stereocenters. The molecule has 3 aromatic rings. The first-order valence-corrected chi connectivity index (χ1v) is 11.4. The Kier molecular flexibility index (Phi) is 7.41. The lowest BCUT2D eigenvalue weighted by atomic mass is 9.75. The predicted octanol–water partition coefficient (Wildman–Crippen LogP) is 4.63. The van der Waals surface area contributed by atoms with Crippen molar-refractivity contribution < 1.29 is 32.3 Å². The number of pyridine rings is 1. The molecule has 1 aliphatic rings. The van der Waals surface area contributed by atoms with Crippen molar-refractivity contribution in [3.63, 3.8) is 0 Å². The zero-order chi connectivity index (χ0) is 25.7. The maximum absolute atomic E-state index is 13.3. The Balaban J connectivity index is 1.28. The molecule has 2 aromatic heterocycles. The second-order valence-corrected chi connectivity index (χ2v) is 8.60. The summed E-state index contributed by atoms with van der Waals surface area (Å²) in [5.41, 5.74) is 0.0588. The number of esters is 1. The van der Waals surface area contributed by atoms with Gasteiger partial charge in [0.1, 0.15) is 6.10 Å². The summed E-state index contributed by atoms with van der Waals surface area (Å²) in [5, 5.41) is 12.5. The highest BCUT2D eigenvalue weighted by Crippen LogP contribution is 2.38. The summed E-state index contributed by atoms with van der Waals surface area (Å²) in [4.78, 5) is 28.8. The summed E-state index contributed by atoms with van der Waals surface area (Å²) in [7, 11) is 0. The van der Waals surface area contributed by atoms with Crippen LogP contribution in [-0.4, -0.2) is 39.8 Å². The van der Waals surface area contributed by atoms with Gasteiger partial charge in [-0.05, 0) is 57.7 Å². The number of carbonyl (C=O) groups excluding carboxylic acids is 2. The van der Waals surface area contributed by atoms with Crippen LogP contribution in [0.5, 0.6) is 5.88 Å². The first-order valence-electron chi connectivity index (χ1n) is 11.4. The molecule has 0 atom stereocenters. The average molecular weight is 501 g/mol. The van der Waals surface area contributed by atoms with Crippen molar-refractivity contribution in [2.24, 2.45) is 5.41 Å². The van der Waals surface area contributed by atoms with E-state index in [-0.39, 0.29) is 29.7 Å². The SMILES string of the molecule is CCOC(=O)C1(C)CCC(Oc2ccc(NC(=O)c3nnc(Nc4ccc(F)c(F)c4)o3)cn2)CC1. The van der Waals surface area contributed by atoms with Crippen molar-refractivity contribution in [2.75, 3.05) is 17.2 Å². The van der Waals surface area contributed by atoms with Crippen molar-refractivity contribution in [3.05, 3.63) is 54.1 Å². The van der Waals surface area contributed by atoms with Crippen molar-refractivity contribution in [1.29, 1.82) is 0 Å². The number of anilines is 3. The van der Waals surface area contributed by atoms with Gasteiger partial charge < -0.3 is 24.5 Å². The van der Waals surface area contributed by atoms with E-state index in [0.29, 0.717) is 43.9 Å². The zero-order valence-corrected chi connectivity index (χ0v) is 19.7. The number of nitrogens with one attached hydrogen (secondary N) is 2. The quantitative estimate of drug-likeness (QED) is 0.425. The van der Waals surface area contributed by atoms with E-state index in [0.717, 1.165) is 12.1 Å². The number of nitrogens with zero attached hydrogens (tertiary/aromatic N) is 3. The monoisotopic (exact) mass is 501 g/mol. The minimum atomic E-state index is -1.05. The van der Waals surface area contributed by atoms with Crippen LogP contribution in [-0.2, 0) is 9.53 Å². The minimum Gasteiger partial charge on any atom is -0.474 e. The molecular formula is C24H25F2N5O5. The van der Waals surface area contributed by atoms with Gasteiger partial charge in [-0.15, -0.1) is 5.10 Å². The van der Waals surface area contributed by atoms with Crippen LogP contribution in [0.1, 0.15) is 50.2 Å². The molecule has 1 aliphatic carbocycles. The van der Waals surface area contributed by atoms with Crippen LogP contribution in [0.2, 0.25) is 0 Å². The second kappa shape index (κ2) is 10.7. The van der Waals surface area contributed by atoms with Crippen LogP contribution in [0.25, 0.3) is 0 Å². The molecule has 1 fully saturated rings. The van der Waals surface area contributed by atoms with Gasteiger partial charge in [-0.1, -0.05) is 5.10 Å². The number of benzene rings is 1. The van der Waals surface area contributed by atoms with Crippen molar-refractivity contribution >= 4 is 29.3 Å². The molecule has 190 valence electrons. The predicted molar refractivity (Wildman–Crippen MR) is 124 cm³/mol. The molecule has 1 aromatic carbocycles. The number of aromatic nitrogens is 3. The highest BCUT2D eigenvalue weighted by molar-refractivity contribution is 6.00. The summed E-state index contributed by atoms with van der Waals surface area (Å²) >= 11 is 0. The molecule has 36 heavy (non-hydrogen) atoms. The summed E-state index contributed by atoms with van der Waals surface area (Å²) in [6.45, 7) is 4.08. The molecule has 0 radical (unpaired) electrons. The van der Waals surface area contributed by atoms with Gasteiger partial charge >= 0.3 is 23.8 Å². The van der Waals surface area contributed by atoms with Gasteiger partial charge in [-0.25, -0.2) is 13.8 Å². The third kappa shape index (κ3) is 5.93. The molecule has 1 amide bonds. The van der Waals surface area contributed by atoms with Crippen molar-refractivity contribution in [3.8, 4) is 5.88 Å². The van der Waals surface area contributed by atoms with E-state index >= 15 is 0 Å². The Labute approximate surface area is 205 Å². The van der Waals surface area contributed by atoms with E-state index in [4.69, 9.17) is 13.9 Å². The molecule has 12 heteroatoms. The fraction of sp³-hybridized carbons (Fsp3) is 0.375. The molecule has 4 rings (SSSR count). The Morgan fingerprint density at radius 3 is 2.53 bits per heavy atom. The van der Waals surface area contributed by atoms with Crippen LogP contribution in [0.15, 0.2) is 40.9 Å². The second-order valence-electron chi connectivity index (χ2n) is 8.60. The van der Waals surface area contributed by atoms with Gasteiger partial charge in [0.25, 0.3) is 0 Å². The maximum Gasteiger partial charge on any atom is 0.320 e. The number of halogens is 2. The van der Waals surface area contributed by atoms with Gasteiger partial charge in [-0.2, -0.15) is 0 Å². The fourth-order valence-electron chi connectivity index (χ4n) is 3.80. The first kappa shape index (κ1) is 25.0. The summed E-state index contributed by atoms with van der Waals surface area (Å²) < 4.78 is 42.7. The topological polar surface area (TPSA) is 128 Å². The normalized spacial score (nSPS) is 19.4. The van der Waals surface area contributed by atoms with Gasteiger partial charge in [0.15, 0.2) is 11.6 Å². The van der Waals surface area contributed by atoms with Crippen LogP contribution in [0, 0.1) is 17.0 Å². The highest BCUT2D eigenvalue weighted by Gasteiger charge is 2.39. The van der Waals surface area contributed by atoms with Crippen molar-refractivity contribution in [1.82, 2.24) is 15.2 Å². The number of rotatable bonds is 8. The average Bonchev–Trinajstić information content (AvgIpc) is 3.33. The molecule has 0 aliphatic heterocycles. The number of hydrogen-bond acceptors (Lipinski definition) is 9. The van der Waals surface area contributed by atoms with Crippen LogP contribution in [0.4, 0.5) is 26.2 Å². The van der Waals surface area contributed by atoms with E-state index < -0.39 is 23.0 Å². The van der Waals surface area contributed by atoms with Crippen LogP contribution < -0.4 is 15.4 Å². The Hall–Kier alpha value is -4.09. The number of hydrogen-bond donors (Lipinski definition) is 2. The Bertz CT molecular complexity index is 1230. The van der Waals surface area contributed by atoms with Crippen LogP contribution >= 0.6 is 0 Å². The summed E-state index contributed by atoms with van der Waals surface area (Å²) in [5.74, 6) is -2.83. The van der Waals surface area contributed by atoms with E-state index in [2.05, 4.69) is 25.8 Å². The minimum absolute atomic E-state index is 0.0701. The van der Waals surface area contributed by atoms with Gasteiger partial charge in [0.2, 0.25) is 5.88 Å². The number of ether oxygens (including phenoxy) is 2. The Morgan fingerprint density at radius 2 is 1.86 bits per heavy atom. The zero-order valence-electron chi connectivity index (χ0n) is 19.7. The van der Waals surface area contributed by atoms with E-state index in [9.17, 15) is 18.4 Å². The lowest BCUT2D eigenvalue weighted by Crippen LogP contribution is -2.37. The Morgan fingerprint density at radius 1 is 1.11 bits per heavy atom. The summed E-state index contributed by atoms with van der Waals surface area (Å²) in [6.07, 6.45) is 4.10. The number of amides is 1. The third-order valence-corrected chi connectivity index (χ3v) is 5.88. The fourth-order valence-corrected chi connectivity index (χ4v) is 3.80. The molecule has 0 spiro atoms. The number of carbonyl (C=O) groups is 2. The molecular weight excluding hydrogens is 476 g/mol. The lowest BCUT2D eigenvalue weighted by molar-refractivity contribution is -0.157. The standard InChI is InChI=1S/C24H25F2N5O5/c1-3-34-22(33)24(2)10-8-16(9-11-24)35-19-7-5-15(13-27-19)28-20(32)21-30-31-23(36-21)29-14-4-6-17(25)18(26)12-14/h4-7,12-13,16H,3,8-11H2,1-2H3,(H,28,32)(H,29,31). The summed E-state index contributed by atoms with van der Waals surface area (Å²) in [6, 6.07) is 6.21. The largest absolute Gasteiger partial charge is 0.474 e. The highest BCUT2D eigenvalue weighted by atomic mass is 19.2. The molecule has 1 saturated carbocycles. The van der Waals surface area contributed by atoms with E-state index in [1.54, 1.807) is 19.1 Å². The van der Waals surface area contributed by atoms with Gasteiger partial charge in [-0.3, -0.25) is 9.59 Å². The van der Waals surface area contributed by atoms with E-state index in [1.807, 2.05) is 6.92 Å². The van der Waals surface area contributed by atoms with Gasteiger partial charge in [0, 0.05) is 17.8 Å². The van der Waals surface area contributed by atoms with Gasteiger partial charge in [0.05, 0.1) is 23.9 Å². The first-order chi connectivity index (χ1) is 17.3. The van der Waals surface area contributed by atoms with Crippen LogP contribution in [0.3, 0.4) is 0 Å². The maximum atomic E-state index is 13.3. The molecule has 2 N–H and O–H groups in total. The molecule has 0 saturated heterocycles. The van der Waals surface area contributed by atoms with E-state index in [1.165, 1.54) is 12.3 Å². The molecule has 0 bridgehead atoms. The van der Waals surface area contributed by atoms with Crippen molar-refractivity contribution in [2.45, 2.75) is 45.6 Å². The lowest BCUT2D eigenvalue weighted by Gasteiger charge is -2.34. The smallest absolute Gasteiger partial charge is 0.320 e.